The average Bonchev–Trinajstić information content (AvgIpc) is 3.43. The number of aromatic nitrogens is 5. The molecule has 1 aliphatic carbocycles. The van der Waals surface area contributed by atoms with Crippen molar-refractivity contribution in [2.75, 3.05) is 6.54 Å². The van der Waals surface area contributed by atoms with E-state index in [2.05, 4.69) is 20.7 Å². The molecule has 2 amide bonds. The van der Waals surface area contributed by atoms with Gasteiger partial charge in [-0.1, -0.05) is 19.1 Å². The van der Waals surface area contributed by atoms with Crippen LogP contribution in [0.4, 0.5) is 0 Å². The van der Waals surface area contributed by atoms with Gasteiger partial charge in [-0.2, -0.15) is 5.10 Å². The van der Waals surface area contributed by atoms with E-state index >= 15 is 0 Å². The summed E-state index contributed by atoms with van der Waals surface area (Å²) in [6, 6.07) is -0.592. The zero-order chi connectivity index (χ0) is 21.4. The lowest BCUT2D eigenvalue weighted by atomic mass is 10.0. The van der Waals surface area contributed by atoms with Crippen LogP contribution in [0.5, 0.6) is 0 Å². The maximum Gasteiger partial charge on any atom is 0.245 e. The van der Waals surface area contributed by atoms with Crippen LogP contribution in [0.1, 0.15) is 51.8 Å². The summed E-state index contributed by atoms with van der Waals surface area (Å²) < 4.78 is 3.64. The normalized spacial score (nSPS) is 22.2. The third kappa shape index (κ3) is 3.83. The standard InChI is InChI=1S/C20H29N7O3/c1-12(2)19(22-13(3)28)20(30)25-7-8-26-17(11-25)14(9-21-26)15-10-27(24-23-15)16-5-4-6-18(16)29/h9-10,12,16,18-19,29H,4-8,11H2,1-3H3,(H,22,28)/t16-,18-,19+/m0/s1. The molecule has 1 saturated carbocycles. The number of aliphatic hydroxyl groups excluding tert-OH is 1. The molecule has 2 aliphatic rings. The van der Waals surface area contributed by atoms with Gasteiger partial charge in [-0.3, -0.25) is 14.3 Å². The molecular weight excluding hydrogens is 386 g/mol. The largest absolute Gasteiger partial charge is 0.391 e. The highest BCUT2D eigenvalue weighted by Gasteiger charge is 2.32. The Kier molecular flexibility index (Phi) is 5.59. The highest BCUT2D eigenvalue weighted by Crippen LogP contribution is 2.31. The Hall–Kier alpha value is -2.75. The van der Waals surface area contributed by atoms with Crippen LogP contribution in [-0.2, 0) is 22.7 Å². The molecule has 0 bridgehead atoms. The lowest BCUT2D eigenvalue weighted by Gasteiger charge is -2.32. The highest BCUT2D eigenvalue weighted by molar-refractivity contribution is 5.87. The van der Waals surface area contributed by atoms with Gasteiger partial charge in [0.1, 0.15) is 11.7 Å². The summed E-state index contributed by atoms with van der Waals surface area (Å²) in [5, 5.41) is 25.9. The Morgan fingerprint density at radius 3 is 2.73 bits per heavy atom. The minimum absolute atomic E-state index is 0.00885. The number of nitrogens with one attached hydrogen (secondary N) is 1. The number of rotatable bonds is 5. The fraction of sp³-hybridized carbons (Fsp3) is 0.650. The zero-order valence-electron chi connectivity index (χ0n) is 17.7. The van der Waals surface area contributed by atoms with Gasteiger partial charge in [-0.25, -0.2) is 4.68 Å². The molecule has 0 aromatic carbocycles. The van der Waals surface area contributed by atoms with Crippen LogP contribution in [0.25, 0.3) is 11.3 Å². The van der Waals surface area contributed by atoms with Crippen LogP contribution in [0.3, 0.4) is 0 Å². The Morgan fingerprint density at radius 1 is 1.27 bits per heavy atom. The second kappa shape index (κ2) is 8.17. The first kappa shape index (κ1) is 20.5. The van der Waals surface area contributed by atoms with E-state index in [1.807, 2.05) is 24.7 Å². The third-order valence-electron chi connectivity index (χ3n) is 6.04. The summed E-state index contributed by atoms with van der Waals surface area (Å²) in [4.78, 5) is 26.4. The molecule has 0 spiro atoms. The Balaban J connectivity index is 1.55. The average molecular weight is 415 g/mol. The van der Waals surface area contributed by atoms with Crippen LogP contribution < -0.4 is 5.32 Å². The lowest BCUT2D eigenvalue weighted by Crippen LogP contribution is -2.52. The van der Waals surface area contributed by atoms with Crippen LogP contribution in [0.2, 0.25) is 0 Å². The van der Waals surface area contributed by atoms with Gasteiger partial charge in [0.05, 0.1) is 43.3 Å². The molecular formula is C20H29N7O3. The maximum absolute atomic E-state index is 13.1. The molecule has 2 aromatic heterocycles. The summed E-state index contributed by atoms with van der Waals surface area (Å²) in [6.07, 6.45) is 5.87. The lowest BCUT2D eigenvalue weighted by molar-refractivity contribution is -0.138. The van der Waals surface area contributed by atoms with E-state index in [1.54, 1.807) is 15.8 Å². The topological polar surface area (TPSA) is 118 Å². The number of aliphatic hydroxyl groups is 1. The number of amides is 2. The summed E-state index contributed by atoms with van der Waals surface area (Å²) >= 11 is 0. The Labute approximate surface area is 175 Å². The minimum atomic E-state index is -0.551. The van der Waals surface area contributed by atoms with E-state index in [4.69, 9.17) is 0 Å². The van der Waals surface area contributed by atoms with Crippen LogP contribution in [-0.4, -0.2) is 65.3 Å². The molecule has 162 valence electrons. The quantitative estimate of drug-likeness (QED) is 0.743. The van der Waals surface area contributed by atoms with Crippen molar-refractivity contribution in [1.29, 1.82) is 0 Å². The Bertz CT molecular complexity index is 935. The summed E-state index contributed by atoms with van der Waals surface area (Å²) in [5.41, 5.74) is 2.43. The van der Waals surface area contributed by atoms with Gasteiger partial charge in [-0.05, 0) is 25.2 Å². The molecule has 0 saturated heterocycles. The summed E-state index contributed by atoms with van der Waals surface area (Å²) in [5.74, 6) is -0.308. The number of carbonyl (C=O) groups excluding carboxylic acids is 2. The predicted octanol–water partition coefficient (Wildman–Crippen LogP) is 0.730. The second-order valence-electron chi connectivity index (χ2n) is 8.56. The van der Waals surface area contributed by atoms with Gasteiger partial charge in [0.15, 0.2) is 0 Å². The fourth-order valence-electron chi connectivity index (χ4n) is 4.37. The molecule has 0 unspecified atom stereocenters. The highest BCUT2D eigenvalue weighted by atomic mass is 16.3. The number of nitrogens with zero attached hydrogens (tertiary/aromatic N) is 6. The maximum atomic E-state index is 13.1. The molecule has 3 atom stereocenters. The van der Waals surface area contributed by atoms with Gasteiger partial charge in [0.25, 0.3) is 0 Å². The molecule has 2 N–H and O–H groups in total. The van der Waals surface area contributed by atoms with Crippen molar-refractivity contribution in [2.24, 2.45) is 5.92 Å². The monoisotopic (exact) mass is 415 g/mol. The Morgan fingerprint density at radius 2 is 2.07 bits per heavy atom. The molecule has 3 heterocycles. The smallest absolute Gasteiger partial charge is 0.245 e. The number of carbonyl (C=O) groups is 2. The van der Waals surface area contributed by atoms with E-state index in [0.717, 1.165) is 30.5 Å². The first-order valence-electron chi connectivity index (χ1n) is 10.6. The van der Waals surface area contributed by atoms with Gasteiger partial charge in [0.2, 0.25) is 11.8 Å². The second-order valence-corrected chi connectivity index (χ2v) is 8.56. The number of hydrogen-bond acceptors (Lipinski definition) is 6. The first-order chi connectivity index (χ1) is 14.3. The van der Waals surface area contributed by atoms with E-state index < -0.39 is 12.1 Å². The van der Waals surface area contributed by atoms with E-state index in [9.17, 15) is 14.7 Å². The first-order valence-corrected chi connectivity index (χ1v) is 10.6. The van der Waals surface area contributed by atoms with Crippen molar-refractivity contribution >= 4 is 11.8 Å². The summed E-state index contributed by atoms with van der Waals surface area (Å²) in [7, 11) is 0. The van der Waals surface area contributed by atoms with Gasteiger partial charge in [0, 0.05) is 19.0 Å². The van der Waals surface area contributed by atoms with Crippen LogP contribution >= 0.6 is 0 Å². The van der Waals surface area contributed by atoms with Gasteiger partial charge >= 0.3 is 0 Å². The van der Waals surface area contributed by atoms with Crippen molar-refractivity contribution in [1.82, 2.24) is 35.0 Å². The van der Waals surface area contributed by atoms with Crippen molar-refractivity contribution in [3.8, 4) is 11.3 Å². The molecule has 1 aliphatic heterocycles. The molecule has 0 radical (unpaired) electrons. The van der Waals surface area contributed by atoms with Gasteiger partial charge in [-0.15, -0.1) is 5.10 Å². The molecule has 1 fully saturated rings. The van der Waals surface area contributed by atoms with Crippen LogP contribution in [0, 0.1) is 5.92 Å². The van der Waals surface area contributed by atoms with E-state index in [0.29, 0.717) is 25.3 Å². The third-order valence-corrected chi connectivity index (χ3v) is 6.04. The fourth-order valence-corrected chi connectivity index (χ4v) is 4.37. The SMILES string of the molecule is CC(=O)N[C@@H](C(=O)N1CCn2ncc(-c3cn([C@H]4CCC[C@@H]4O)nn3)c2C1)C(C)C. The van der Waals surface area contributed by atoms with Crippen LogP contribution in [0.15, 0.2) is 12.4 Å². The van der Waals surface area contributed by atoms with Crippen molar-refractivity contribution in [2.45, 2.75) is 71.3 Å². The number of hydrogen-bond donors (Lipinski definition) is 2. The molecule has 2 aromatic rings. The molecule has 10 heteroatoms. The van der Waals surface area contributed by atoms with Crippen molar-refractivity contribution in [3.05, 3.63) is 18.1 Å². The molecule has 4 rings (SSSR count). The summed E-state index contributed by atoms with van der Waals surface area (Å²) in [6.45, 7) is 6.80. The van der Waals surface area contributed by atoms with Crippen molar-refractivity contribution < 1.29 is 14.7 Å². The predicted molar refractivity (Wildman–Crippen MR) is 108 cm³/mol. The van der Waals surface area contributed by atoms with E-state index in [1.165, 1.54) is 6.92 Å². The van der Waals surface area contributed by atoms with Crippen molar-refractivity contribution in [3.63, 3.8) is 0 Å². The van der Waals surface area contributed by atoms with E-state index in [-0.39, 0.29) is 23.8 Å². The zero-order valence-corrected chi connectivity index (χ0v) is 17.7. The van der Waals surface area contributed by atoms with Gasteiger partial charge < -0.3 is 15.3 Å². The number of fused-ring (bicyclic) bond motifs is 1. The molecule has 30 heavy (non-hydrogen) atoms. The molecule has 10 nitrogen and oxygen atoms in total. The minimum Gasteiger partial charge on any atom is -0.391 e.